The van der Waals surface area contributed by atoms with E-state index in [2.05, 4.69) is 4.72 Å². The maximum absolute atomic E-state index is 15.5. The zero-order chi connectivity index (χ0) is 15.7. The van der Waals surface area contributed by atoms with Crippen LogP contribution in [0.4, 0.5) is 4.39 Å². The molecular formula is C15H22FNO3S. The van der Waals surface area contributed by atoms with Gasteiger partial charge in [-0.25, -0.2) is 17.5 Å². The highest BCUT2D eigenvalue weighted by Gasteiger charge is 2.44. The fourth-order valence-electron chi connectivity index (χ4n) is 2.70. The first-order valence-electron chi connectivity index (χ1n) is 7.25. The van der Waals surface area contributed by atoms with E-state index in [4.69, 9.17) is 0 Å². The minimum absolute atomic E-state index is 0.0671. The molecule has 0 aromatic heterocycles. The molecule has 1 aromatic rings. The van der Waals surface area contributed by atoms with Gasteiger partial charge >= 0.3 is 0 Å². The van der Waals surface area contributed by atoms with Gasteiger partial charge in [0.1, 0.15) is 5.75 Å². The number of rotatable bonds is 4. The molecular weight excluding hydrogens is 293 g/mol. The smallest absolute Gasteiger partial charge is 0.214 e. The zero-order valence-corrected chi connectivity index (χ0v) is 13.2. The Morgan fingerprint density at radius 3 is 2.48 bits per heavy atom. The van der Waals surface area contributed by atoms with Crippen LogP contribution in [0, 0.1) is 0 Å². The van der Waals surface area contributed by atoms with E-state index in [1.165, 1.54) is 24.3 Å². The highest BCUT2D eigenvalue weighted by atomic mass is 32.2. The molecule has 6 heteroatoms. The Kier molecular flexibility index (Phi) is 4.58. The molecule has 2 rings (SSSR count). The number of sulfonamides is 1. The van der Waals surface area contributed by atoms with Crippen molar-refractivity contribution in [1.82, 2.24) is 4.72 Å². The van der Waals surface area contributed by atoms with Gasteiger partial charge in [0.15, 0.2) is 5.67 Å². The van der Waals surface area contributed by atoms with Crippen molar-refractivity contribution < 1.29 is 17.9 Å². The largest absolute Gasteiger partial charge is 0.508 e. The SMILES string of the molecule is CC(C)S(=O)(=O)N[C@@H]1CCCC[C@]1(F)c1ccc(O)cc1. The summed E-state index contributed by atoms with van der Waals surface area (Å²) >= 11 is 0. The molecule has 1 aromatic carbocycles. The van der Waals surface area contributed by atoms with Crippen LogP contribution in [0.2, 0.25) is 0 Å². The summed E-state index contributed by atoms with van der Waals surface area (Å²) in [6.45, 7) is 3.15. The van der Waals surface area contributed by atoms with Gasteiger partial charge in [0.05, 0.1) is 11.3 Å². The Morgan fingerprint density at radius 1 is 1.29 bits per heavy atom. The summed E-state index contributed by atoms with van der Waals surface area (Å²) < 4.78 is 42.1. The number of hydrogen-bond donors (Lipinski definition) is 2. The van der Waals surface area contributed by atoms with E-state index in [-0.39, 0.29) is 12.2 Å². The van der Waals surface area contributed by atoms with Gasteiger partial charge in [-0.15, -0.1) is 0 Å². The minimum Gasteiger partial charge on any atom is -0.508 e. The van der Waals surface area contributed by atoms with Crippen molar-refractivity contribution in [1.29, 1.82) is 0 Å². The third-order valence-corrected chi connectivity index (χ3v) is 5.96. The molecule has 0 radical (unpaired) electrons. The Bertz CT molecular complexity index is 585. The van der Waals surface area contributed by atoms with Crippen molar-refractivity contribution in [3.63, 3.8) is 0 Å². The molecule has 0 saturated heterocycles. The fraction of sp³-hybridized carbons (Fsp3) is 0.600. The van der Waals surface area contributed by atoms with E-state index in [1.807, 2.05) is 0 Å². The Morgan fingerprint density at radius 2 is 1.90 bits per heavy atom. The van der Waals surface area contributed by atoms with Gasteiger partial charge in [-0.3, -0.25) is 0 Å². The molecule has 0 unspecified atom stereocenters. The Balaban J connectivity index is 2.32. The third kappa shape index (κ3) is 3.37. The highest BCUT2D eigenvalue weighted by Crippen LogP contribution is 2.41. The predicted molar refractivity (Wildman–Crippen MR) is 80.3 cm³/mol. The molecule has 1 saturated carbocycles. The van der Waals surface area contributed by atoms with Crippen LogP contribution in [0.1, 0.15) is 45.1 Å². The number of phenolic OH excluding ortho intramolecular Hbond substituents is 1. The molecule has 4 nitrogen and oxygen atoms in total. The van der Waals surface area contributed by atoms with Gasteiger partial charge in [0.2, 0.25) is 10.0 Å². The van der Waals surface area contributed by atoms with Crippen LogP contribution in [0.25, 0.3) is 0 Å². The molecule has 0 spiro atoms. The quantitative estimate of drug-likeness (QED) is 0.898. The number of phenols is 1. The summed E-state index contributed by atoms with van der Waals surface area (Å²) in [5, 5.41) is 8.74. The lowest BCUT2D eigenvalue weighted by atomic mass is 9.77. The van der Waals surface area contributed by atoms with Gasteiger partial charge in [0.25, 0.3) is 0 Å². The van der Waals surface area contributed by atoms with E-state index in [9.17, 15) is 13.5 Å². The molecule has 2 N–H and O–H groups in total. The summed E-state index contributed by atoms with van der Waals surface area (Å²) in [6.07, 6.45) is 2.28. The van der Waals surface area contributed by atoms with E-state index in [0.717, 1.165) is 12.8 Å². The van der Waals surface area contributed by atoms with Crippen molar-refractivity contribution >= 4 is 10.0 Å². The van der Waals surface area contributed by atoms with Crippen molar-refractivity contribution in [2.24, 2.45) is 0 Å². The predicted octanol–water partition coefficient (Wildman–Crippen LogP) is 2.83. The molecule has 2 atom stereocenters. The molecule has 0 aliphatic heterocycles. The second kappa shape index (κ2) is 5.93. The van der Waals surface area contributed by atoms with E-state index < -0.39 is 27.0 Å². The maximum Gasteiger partial charge on any atom is 0.214 e. The molecule has 0 amide bonds. The summed E-state index contributed by atoms with van der Waals surface area (Å²) in [6, 6.07) is 5.15. The van der Waals surface area contributed by atoms with Gasteiger partial charge in [-0.2, -0.15) is 0 Å². The van der Waals surface area contributed by atoms with Crippen LogP contribution in [0.15, 0.2) is 24.3 Å². The third-order valence-electron chi connectivity index (χ3n) is 4.11. The van der Waals surface area contributed by atoms with Crippen molar-refractivity contribution in [3.8, 4) is 5.75 Å². The minimum atomic E-state index is -3.52. The molecule has 1 aliphatic carbocycles. The van der Waals surface area contributed by atoms with E-state index in [1.54, 1.807) is 13.8 Å². The first-order chi connectivity index (χ1) is 9.75. The standard InChI is InChI=1S/C15H22FNO3S/c1-11(2)21(19,20)17-14-5-3-4-10-15(14,16)12-6-8-13(18)9-7-12/h6-9,11,14,17-18H,3-5,10H2,1-2H3/t14-,15+/m1/s1. The van der Waals surface area contributed by atoms with E-state index in [0.29, 0.717) is 12.0 Å². The fourth-order valence-corrected chi connectivity index (χ4v) is 3.68. The lowest BCUT2D eigenvalue weighted by Gasteiger charge is -2.38. The number of benzene rings is 1. The summed E-state index contributed by atoms with van der Waals surface area (Å²) in [5.41, 5.74) is -1.31. The lowest BCUT2D eigenvalue weighted by molar-refractivity contribution is 0.0712. The van der Waals surface area contributed by atoms with Gasteiger partial charge in [-0.05, 0) is 50.8 Å². The van der Waals surface area contributed by atoms with Crippen LogP contribution >= 0.6 is 0 Å². The number of halogens is 1. The van der Waals surface area contributed by atoms with Crippen LogP contribution in [-0.2, 0) is 15.7 Å². The van der Waals surface area contributed by atoms with Crippen molar-refractivity contribution in [2.45, 2.75) is 56.5 Å². The summed E-state index contributed by atoms with van der Waals surface area (Å²) in [4.78, 5) is 0. The van der Waals surface area contributed by atoms with Crippen LogP contribution < -0.4 is 4.72 Å². The Labute approximate surface area is 125 Å². The molecule has 21 heavy (non-hydrogen) atoms. The summed E-state index contributed by atoms with van der Waals surface area (Å²) in [5.74, 6) is 0.0671. The normalized spacial score (nSPS) is 27.0. The Hall–Kier alpha value is -1.14. The maximum atomic E-state index is 15.5. The highest BCUT2D eigenvalue weighted by molar-refractivity contribution is 7.90. The molecule has 0 bridgehead atoms. The molecule has 1 fully saturated rings. The van der Waals surface area contributed by atoms with E-state index >= 15 is 4.39 Å². The van der Waals surface area contributed by atoms with Crippen molar-refractivity contribution in [2.75, 3.05) is 0 Å². The van der Waals surface area contributed by atoms with Crippen LogP contribution in [0.3, 0.4) is 0 Å². The number of nitrogens with one attached hydrogen (secondary N) is 1. The van der Waals surface area contributed by atoms with Crippen LogP contribution in [0.5, 0.6) is 5.75 Å². The second-order valence-electron chi connectivity index (χ2n) is 5.92. The average Bonchev–Trinajstić information content (AvgIpc) is 2.42. The molecule has 1 aliphatic rings. The van der Waals surface area contributed by atoms with Gasteiger partial charge in [-0.1, -0.05) is 18.6 Å². The zero-order valence-electron chi connectivity index (χ0n) is 12.3. The number of aromatic hydroxyl groups is 1. The molecule has 118 valence electrons. The van der Waals surface area contributed by atoms with Gasteiger partial charge in [0, 0.05) is 0 Å². The number of hydrogen-bond acceptors (Lipinski definition) is 3. The first-order valence-corrected chi connectivity index (χ1v) is 8.80. The average molecular weight is 315 g/mol. The van der Waals surface area contributed by atoms with Crippen molar-refractivity contribution in [3.05, 3.63) is 29.8 Å². The topological polar surface area (TPSA) is 66.4 Å². The summed E-state index contributed by atoms with van der Waals surface area (Å²) in [7, 11) is -3.52. The monoisotopic (exact) mass is 315 g/mol. The molecule has 0 heterocycles. The second-order valence-corrected chi connectivity index (χ2v) is 8.19. The van der Waals surface area contributed by atoms with Gasteiger partial charge < -0.3 is 5.11 Å². The van der Waals surface area contributed by atoms with Crippen LogP contribution in [-0.4, -0.2) is 24.8 Å². The number of alkyl halides is 1. The lowest BCUT2D eigenvalue weighted by Crippen LogP contribution is -2.51. The first kappa shape index (κ1) is 16.2.